The molecule has 2 amide bonds. The molecule has 296 valence electrons. The smallest absolute Gasteiger partial charge is 0.241 e. The van der Waals surface area contributed by atoms with Crippen LogP contribution in [-0.2, 0) is 14.4 Å². The standard InChI is InChI=1S/C43H86N4O3/c1-4-6-8-10-12-14-16-18-20-21-23-25-27-29-31-33-35-47(42(49)37-46-41(48)36-44)38-40(43(50)39(3)45)34-32-30-28-26-24-22-19-17-15-13-11-9-7-5-2/h39-40H,4-38,44-45H2,1-3H3,(H,46,48)/t39-,40?/m0/s1. The van der Waals surface area contributed by atoms with Crippen molar-refractivity contribution in [2.24, 2.45) is 17.4 Å². The van der Waals surface area contributed by atoms with Crippen LogP contribution in [0.4, 0.5) is 0 Å². The van der Waals surface area contributed by atoms with E-state index in [1.54, 1.807) is 11.8 Å². The molecule has 0 spiro atoms. The zero-order valence-corrected chi connectivity index (χ0v) is 33.7. The monoisotopic (exact) mass is 707 g/mol. The molecule has 50 heavy (non-hydrogen) atoms. The first-order chi connectivity index (χ1) is 24.4. The highest BCUT2D eigenvalue weighted by Gasteiger charge is 2.26. The normalized spacial score (nSPS) is 12.6. The van der Waals surface area contributed by atoms with E-state index in [2.05, 4.69) is 19.2 Å². The first-order valence-corrected chi connectivity index (χ1v) is 21.9. The number of Topliss-reactive ketones (excluding diaryl/α,β-unsaturated/α-hetero) is 1. The number of amides is 2. The van der Waals surface area contributed by atoms with Crippen molar-refractivity contribution in [1.82, 2.24) is 10.2 Å². The molecular formula is C43H86N4O3. The molecule has 0 aromatic carbocycles. The average Bonchev–Trinajstić information content (AvgIpc) is 3.11. The zero-order chi connectivity index (χ0) is 36.9. The lowest BCUT2D eigenvalue weighted by Crippen LogP contribution is -2.46. The van der Waals surface area contributed by atoms with Gasteiger partial charge in [-0.15, -0.1) is 0 Å². The Morgan fingerprint density at radius 3 is 1.22 bits per heavy atom. The van der Waals surface area contributed by atoms with Gasteiger partial charge in [-0.05, 0) is 19.8 Å². The van der Waals surface area contributed by atoms with Crippen LogP contribution in [0.5, 0.6) is 0 Å². The SMILES string of the molecule is CCCCCCCCCCCCCCCCCCN(CC(CCCCCCCCCCCCCCCC)C(=O)[C@H](C)N)C(=O)CNC(=O)CN. The Morgan fingerprint density at radius 2 is 0.880 bits per heavy atom. The Morgan fingerprint density at radius 1 is 0.540 bits per heavy atom. The summed E-state index contributed by atoms with van der Waals surface area (Å²) in [4.78, 5) is 39.9. The van der Waals surface area contributed by atoms with Gasteiger partial charge in [0.1, 0.15) is 0 Å². The summed E-state index contributed by atoms with van der Waals surface area (Å²) in [6, 6.07) is -0.545. The molecule has 7 nitrogen and oxygen atoms in total. The maximum Gasteiger partial charge on any atom is 0.241 e. The first kappa shape index (κ1) is 48.5. The fraction of sp³-hybridized carbons (Fsp3) is 0.930. The van der Waals surface area contributed by atoms with Crippen LogP contribution in [-0.4, -0.2) is 54.7 Å². The number of nitrogens with zero attached hydrogens (tertiary/aromatic N) is 1. The van der Waals surface area contributed by atoms with Crippen LogP contribution < -0.4 is 16.8 Å². The number of hydrogen-bond donors (Lipinski definition) is 3. The molecular weight excluding hydrogens is 620 g/mol. The molecule has 5 N–H and O–H groups in total. The van der Waals surface area contributed by atoms with E-state index < -0.39 is 6.04 Å². The summed E-state index contributed by atoms with van der Waals surface area (Å²) in [7, 11) is 0. The maximum absolute atomic E-state index is 13.2. The van der Waals surface area contributed by atoms with Gasteiger partial charge in [0.25, 0.3) is 0 Å². The summed E-state index contributed by atoms with van der Waals surface area (Å²) in [5, 5.41) is 2.63. The van der Waals surface area contributed by atoms with Crippen molar-refractivity contribution in [3.05, 3.63) is 0 Å². The molecule has 0 rings (SSSR count). The van der Waals surface area contributed by atoms with Gasteiger partial charge in [-0.1, -0.05) is 200 Å². The topological polar surface area (TPSA) is 119 Å². The number of nitrogens with two attached hydrogens (primary N) is 2. The van der Waals surface area contributed by atoms with E-state index in [9.17, 15) is 14.4 Å². The molecule has 0 saturated carbocycles. The van der Waals surface area contributed by atoms with Crippen molar-refractivity contribution in [2.45, 2.75) is 226 Å². The molecule has 0 heterocycles. The van der Waals surface area contributed by atoms with Crippen molar-refractivity contribution < 1.29 is 14.4 Å². The van der Waals surface area contributed by atoms with Gasteiger partial charge in [0.05, 0.1) is 19.1 Å². The van der Waals surface area contributed by atoms with E-state index >= 15 is 0 Å². The molecule has 0 aliphatic rings. The maximum atomic E-state index is 13.2. The van der Waals surface area contributed by atoms with E-state index in [0.717, 1.165) is 32.1 Å². The van der Waals surface area contributed by atoms with E-state index in [0.29, 0.717) is 13.1 Å². The Kier molecular flexibility index (Phi) is 36.2. The van der Waals surface area contributed by atoms with Gasteiger partial charge >= 0.3 is 0 Å². The van der Waals surface area contributed by atoms with Gasteiger partial charge in [-0.25, -0.2) is 0 Å². The Hall–Kier alpha value is -1.47. The van der Waals surface area contributed by atoms with Crippen molar-refractivity contribution in [3.63, 3.8) is 0 Å². The number of carbonyl (C=O) groups is 3. The number of rotatable bonds is 39. The fourth-order valence-corrected chi connectivity index (χ4v) is 7.07. The highest BCUT2D eigenvalue weighted by molar-refractivity contribution is 5.88. The Bertz CT molecular complexity index is 775. The summed E-state index contributed by atoms with van der Waals surface area (Å²) < 4.78 is 0. The molecule has 0 aliphatic heterocycles. The number of hydrogen-bond acceptors (Lipinski definition) is 5. The number of ketones is 1. The van der Waals surface area contributed by atoms with Crippen LogP contribution in [0.3, 0.4) is 0 Å². The van der Waals surface area contributed by atoms with Gasteiger partial charge in [0.2, 0.25) is 11.8 Å². The second kappa shape index (κ2) is 37.3. The second-order valence-corrected chi connectivity index (χ2v) is 15.4. The molecule has 2 atom stereocenters. The Labute approximate surface area is 311 Å². The lowest BCUT2D eigenvalue weighted by molar-refractivity contribution is -0.134. The lowest BCUT2D eigenvalue weighted by Gasteiger charge is -2.28. The first-order valence-electron chi connectivity index (χ1n) is 21.9. The highest BCUT2D eigenvalue weighted by atomic mass is 16.2. The predicted molar refractivity (Wildman–Crippen MR) is 215 cm³/mol. The third kappa shape index (κ3) is 31.3. The van der Waals surface area contributed by atoms with E-state index in [1.165, 1.54) is 167 Å². The second-order valence-electron chi connectivity index (χ2n) is 15.4. The summed E-state index contributed by atoms with van der Waals surface area (Å²) in [5.41, 5.74) is 11.5. The molecule has 0 aromatic heterocycles. The summed E-state index contributed by atoms with van der Waals surface area (Å²) >= 11 is 0. The third-order valence-corrected chi connectivity index (χ3v) is 10.5. The fourth-order valence-electron chi connectivity index (χ4n) is 7.07. The minimum Gasteiger partial charge on any atom is -0.346 e. The van der Waals surface area contributed by atoms with Gasteiger partial charge in [-0.3, -0.25) is 14.4 Å². The van der Waals surface area contributed by atoms with Crippen LogP contribution in [0.25, 0.3) is 0 Å². The lowest BCUT2D eigenvalue weighted by atomic mass is 9.92. The van der Waals surface area contributed by atoms with Gasteiger partial charge in [-0.2, -0.15) is 0 Å². The van der Waals surface area contributed by atoms with Crippen molar-refractivity contribution in [3.8, 4) is 0 Å². The highest BCUT2D eigenvalue weighted by Crippen LogP contribution is 2.19. The molecule has 7 heteroatoms. The largest absolute Gasteiger partial charge is 0.346 e. The van der Waals surface area contributed by atoms with Crippen LogP contribution in [0.15, 0.2) is 0 Å². The van der Waals surface area contributed by atoms with Crippen LogP contribution in [0.1, 0.15) is 220 Å². The molecule has 1 unspecified atom stereocenters. The van der Waals surface area contributed by atoms with Gasteiger partial charge in [0.15, 0.2) is 5.78 Å². The molecule has 0 fully saturated rings. The van der Waals surface area contributed by atoms with E-state index in [1.807, 2.05) is 0 Å². The van der Waals surface area contributed by atoms with Gasteiger partial charge < -0.3 is 21.7 Å². The van der Waals surface area contributed by atoms with Crippen molar-refractivity contribution in [2.75, 3.05) is 26.2 Å². The third-order valence-electron chi connectivity index (χ3n) is 10.5. The summed E-state index contributed by atoms with van der Waals surface area (Å²) in [6.45, 7) is 7.08. The Balaban J connectivity index is 4.45. The summed E-state index contributed by atoms with van der Waals surface area (Å²) in [5.74, 6) is -0.708. The predicted octanol–water partition coefficient (Wildman–Crippen LogP) is 10.6. The van der Waals surface area contributed by atoms with E-state index in [4.69, 9.17) is 11.5 Å². The average molecular weight is 707 g/mol. The van der Waals surface area contributed by atoms with Crippen LogP contribution in [0, 0.1) is 5.92 Å². The zero-order valence-electron chi connectivity index (χ0n) is 33.7. The van der Waals surface area contributed by atoms with Crippen molar-refractivity contribution in [1.29, 1.82) is 0 Å². The van der Waals surface area contributed by atoms with Crippen LogP contribution >= 0.6 is 0 Å². The molecule has 0 bridgehead atoms. The van der Waals surface area contributed by atoms with Crippen LogP contribution in [0.2, 0.25) is 0 Å². The quantitative estimate of drug-likeness (QED) is 0.0550. The summed E-state index contributed by atoms with van der Waals surface area (Å²) in [6.07, 6.45) is 39.8. The molecule has 0 aliphatic carbocycles. The number of nitrogens with one attached hydrogen (secondary N) is 1. The van der Waals surface area contributed by atoms with Crippen molar-refractivity contribution >= 4 is 17.6 Å². The minimum atomic E-state index is -0.545. The molecule has 0 saturated heterocycles. The minimum absolute atomic E-state index is 0.0375. The molecule has 0 radical (unpaired) electrons. The molecule has 0 aromatic rings. The number of carbonyl (C=O) groups excluding carboxylic acids is 3. The number of unbranched alkanes of at least 4 members (excludes halogenated alkanes) is 28. The van der Waals surface area contributed by atoms with E-state index in [-0.39, 0.29) is 36.6 Å². The van der Waals surface area contributed by atoms with Gasteiger partial charge in [0, 0.05) is 19.0 Å².